The quantitative estimate of drug-likeness (QED) is 0.570. The summed E-state index contributed by atoms with van der Waals surface area (Å²) in [5.74, 6) is -0.238. The summed E-state index contributed by atoms with van der Waals surface area (Å²) in [7, 11) is -0.277. The summed E-state index contributed by atoms with van der Waals surface area (Å²) in [6.07, 6.45) is 1.11. The van der Waals surface area contributed by atoms with Crippen molar-refractivity contribution in [3.8, 4) is 0 Å². The van der Waals surface area contributed by atoms with Crippen LogP contribution in [0, 0.1) is 5.16 Å². The zero-order valence-corrected chi connectivity index (χ0v) is 8.92. The molecule has 0 aromatic heterocycles. The predicted molar refractivity (Wildman–Crippen MR) is 47.7 cm³/mol. The number of amides is 1. The van der Waals surface area contributed by atoms with E-state index in [-0.39, 0.29) is 20.5 Å². The maximum atomic E-state index is 11.2. The largest absolute Gasteiger partial charge is 0.328 e. The van der Waals surface area contributed by atoms with Crippen molar-refractivity contribution in [3.05, 3.63) is 0 Å². The molecule has 7 heteroatoms. The summed E-state index contributed by atoms with van der Waals surface area (Å²) < 4.78 is 16.3. The number of rotatable bonds is 5. The van der Waals surface area contributed by atoms with Gasteiger partial charge < -0.3 is 0 Å². The summed E-state index contributed by atoms with van der Waals surface area (Å²) in [6.45, 7) is 1.99. The van der Waals surface area contributed by atoms with Gasteiger partial charge in [-0.25, -0.2) is 4.57 Å². The molecule has 0 aromatic rings. The Morgan fingerprint density at radius 1 is 1.69 bits per heavy atom. The van der Waals surface area contributed by atoms with E-state index in [9.17, 15) is 9.36 Å². The maximum Gasteiger partial charge on any atom is 0.328 e. The van der Waals surface area contributed by atoms with Crippen LogP contribution in [0.1, 0.15) is 19.8 Å². The fourth-order valence-corrected chi connectivity index (χ4v) is 2.28. The van der Waals surface area contributed by atoms with Crippen molar-refractivity contribution in [1.82, 2.24) is 4.67 Å². The van der Waals surface area contributed by atoms with Crippen LogP contribution in [-0.2, 0) is 13.9 Å². The van der Waals surface area contributed by atoms with Crippen LogP contribution in [0.15, 0.2) is 0 Å². The van der Waals surface area contributed by atoms with Gasteiger partial charge in [-0.15, -0.1) is 0 Å². The molecular formula is C6H10N2O3P2. The van der Waals surface area contributed by atoms with E-state index >= 15 is 0 Å². The molecule has 2 atom stereocenters. The van der Waals surface area contributed by atoms with Crippen LogP contribution in [0.2, 0.25) is 0 Å². The molecule has 1 amide bonds. The van der Waals surface area contributed by atoms with E-state index in [2.05, 4.69) is 0 Å². The molecule has 72 valence electrons. The third-order valence-corrected chi connectivity index (χ3v) is 3.00. The predicted octanol–water partition coefficient (Wildman–Crippen LogP) is 2.21. The Hall–Kier alpha value is -0.370. The van der Waals surface area contributed by atoms with Gasteiger partial charge in [-0.2, -0.15) is 0 Å². The minimum atomic E-state index is -0.600. The Morgan fingerprint density at radius 2 is 2.38 bits per heavy atom. The van der Waals surface area contributed by atoms with Crippen molar-refractivity contribution in [3.63, 3.8) is 0 Å². The second-order valence-corrected chi connectivity index (χ2v) is 3.73. The maximum absolute atomic E-state index is 11.2. The normalized spacial score (nSPS) is 28.1. The highest BCUT2D eigenvalue weighted by Gasteiger charge is 2.47. The van der Waals surface area contributed by atoms with E-state index < -0.39 is 14.8 Å². The second kappa shape index (κ2) is 4.75. The first kappa shape index (κ1) is 10.7. The lowest BCUT2D eigenvalue weighted by molar-refractivity contribution is -0.151. The highest BCUT2D eigenvalue weighted by molar-refractivity contribution is 7.23. The number of hydrogen-bond acceptors (Lipinski definition) is 4. The van der Waals surface area contributed by atoms with Crippen molar-refractivity contribution < 1.29 is 13.9 Å². The molecule has 1 saturated heterocycles. The zero-order valence-electron chi connectivity index (χ0n) is 7.14. The third kappa shape index (κ3) is 1.93. The molecule has 1 heterocycles. The molecule has 1 aliphatic heterocycles. The van der Waals surface area contributed by atoms with Gasteiger partial charge in [-0.3, -0.25) is 19.2 Å². The van der Waals surface area contributed by atoms with Gasteiger partial charge in [-0.05, 0) is 6.42 Å². The number of nitrogens with one attached hydrogen (secondary N) is 1. The third-order valence-electron chi connectivity index (χ3n) is 1.98. The Kier molecular flexibility index (Phi) is 3.91. The van der Waals surface area contributed by atoms with E-state index in [4.69, 9.17) is 9.69 Å². The molecule has 0 saturated carbocycles. The average Bonchev–Trinajstić information content (AvgIpc) is 2.14. The van der Waals surface area contributed by atoms with E-state index in [1.165, 1.54) is 4.67 Å². The number of β-lactam (4-membered cyclic amide) rings is 1. The summed E-state index contributed by atoms with van der Waals surface area (Å²) in [5.41, 5.74) is 0. The number of nitrogens with zero attached hydrogens (tertiary/aromatic N) is 1. The van der Waals surface area contributed by atoms with Gasteiger partial charge in [0.05, 0.1) is 6.04 Å². The molecule has 0 radical (unpaired) electrons. The molecule has 0 aromatic carbocycles. The standard InChI is InChI=1S/C6H10N2O3P2/c1-2-3-4-5(11-13-10)6(9)8(4)12-7/h4-5,7H,2-3H2,1H3/t4?,5-/m1/s1. The van der Waals surface area contributed by atoms with Crippen LogP contribution in [0.3, 0.4) is 0 Å². The molecule has 1 aliphatic rings. The van der Waals surface area contributed by atoms with Crippen molar-refractivity contribution in [2.75, 3.05) is 0 Å². The fourth-order valence-electron chi connectivity index (χ4n) is 1.36. The molecule has 1 fully saturated rings. The van der Waals surface area contributed by atoms with Crippen LogP contribution in [0.4, 0.5) is 0 Å². The SMILES string of the molecule is CCCC1[C@@H](OP=O)C(=O)N1P=N. The summed E-state index contributed by atoms with van der Waals surface area (Å²) in [5, 5.41) is 7.06. The van der Waals surface area contributed by atoms with Crippen LogP contribution >= 0.6 is 17.2 Å². The smallest absolute Gasteiger partial charge is 0.279 e. The fraction of sp³-hybridized carbons (Fsp3) is 0.833. The number of carbonyl (C=O) groups excluding carboxylic acids is 1. The summed E-state index contributed by atoms with van der Waals surface area (Å²) >= 11 is 0. The van der Waals surface area contributed by atoms with Crippen molar-refractivity contribution >= 4 is 23.1 Å². The highest BCUT2D eigenvalue weighted by atomic mass is 31.1. The highest BCUT2D eigenvalue weighted by Crippen LogP contribution is 2.34. The lowest BCUT2D eigenvalue weighted by atomic mass is 9.98. The lowest BCUT2D eigenvalue weighted by Crippen LogP contribution is -2.60. The molecule has 1 N–H and O–H groups in total. The van der Waals surface area contributed by atoms with Crippen molar-refractivity contribution in [2.45, 2.75) is 31.9 Å². The second-order valence-electron chi connectivity index (χ2n) is 2.74. The minimum absolute atomic E-state index is 0.0712. The molecule has 5 nitrogen and oxygen atoms in total. The monoisotopic (exact) mass is 220 g/mol. The number of hydrogen-bond donors (Lipinski definition) is 1. The Labute approximate surface area is 79.5 Å². The Balaban J connectivity index is 2.59. The van der Waals surface area contributed by atoms with E-state index in [0.717, 1.165) is 12.8 Å². The topological polar surface area (TPSA) is 70.5 Å². The van der Waals surface area contributed by atoms with E-state index in [1.807, 2.05) is 6.92 Å². The molecule has 13 heavy (non-hydrogen) atoms. The first-order valence-corrected chi connectivity index (χ1v) is 5.53. The van der Waals surface area contributed by atoms with Gasteiger partial charge in [0.15, 0.2) is 6.10 Å². The van der Waals surface area contributed by atoms with E-state index in [0.29, 0.717) is 0 Å². The van der Waals surface area contributed by atoms with Gasteiger partial charge in [0.25, 0.3) is 5.91 Å². The van der Waals surface area contributed by atoms with Gasteiger partial charge in [-0.1, -0.05) is 13.3 Å². The molecule has 0 spiro atoms. The number of carbonyl (C=O) groups is 1. The van der Waals surface area contributed by atoms with Crippen LogP contribution in [-0.4, -0.2) is 22.7 Å². The Morgan fingerprint density at radius 3 is 2.85 bits per heavy atom. The average molecular weight is 220 g/mol. The molecule has 0 bridgehead atoms. The molecular weight excluding hydrogens is 210 g/mol. The summed E-state index contributed by atoms with van der Waals surface area (Å²) in [4.78, 5) is 11.2. The van der Waals surface area contributed by atoms with Gasteiger partial charge in [0, 0.05) is 0 Å². The first-order chi connectivity index (χ1) is 6.26. The zero-order chi connectivity index (χ0) is 9.84. The Bertz CT molecular complexity index is 236. The van der Waals surface area contributed by atoms with Gasteiger partial charge >= 0.3 is 8.69 Å². The lowest BCUT2D eigenvalue weighted by Gasteiger charge is -2.41. The molecule has 0 aliphatic carbocycles. The van der Waals surface area contributed by atoms with E-state index in [1.54, 1.807) is 0 Å². The van der Waals surface area contributed by atoms with Crippen LogP contribution in [0.25, 0.3) is 0 Å². The first-order valence-electron chi connectivity index (χ1n) is 3.95. The van der Waals surface area contributed by atoms with Gasteiger partial charge in [0.2, 0.25) is 0 Å². The summed E-state index contributed by atoms with van der Waals surface area (Å²) in [6, 6.07) is -0.0712. The van der Waals surface area contributed by atoms with Crippen LogP contribution in [0.5, 0.6) is 0 Å². The minimum Gasteiger partial charge on any atom is -0.279 e. The van der Waals surface area contributed by atoms with Crippen molar-refractivity contribution in [2.24, 2.45) is 0 Å². The molecule has 1 rings (SSSR count). The van der Waals surface area contributed by atoms with Crippen molar-refractivity contribution in [1.29, 1.82) is 5.16 Å². The van der Waals surface area contributed by atoms with Crippen LogP contribution < -0.4 is 0 Å². The van der Waals surface area contributed by atoms with Gasteiger partial charge in [0.1, 0.15) is 8.52 Å². The molecule has 1 unspecified atom stereocenters.